The Kier molecular flexibility index (Phi) is 4.05. The molecule has 0 bridgehead atoms. The van der Waals surface area contributed by atoms with E-state index < -0.39 is 11.8 Å². The van der Waals surface area contributed by atoms with Gasteiger partial charge in [-0.2, -0.15) is 0 Å². The Labute approximate surface area is 127 Å². The van der Waals surface area contributed by atoms with Gasteiger partial charge in [0.1, 0.15) is 13.1 Å². The van der Waals surface area contributed by atoms with E-state index in [2.05, 4.69) is 5.32 Å². The molecule has 0 radical (unpaired) electrons. The van der Waals surface area contributed by atoms with Crippen molar-refractivity contribution in [2.75, 3.05) is 13.1 Å². The monoisotopic (exact) mass is 306 g/mol. The molecule has 2 aliphatic rings. The minimum absolute atomic E-state index is 0.0346. The third-order valence-electron chi connectivity index (χ3n) is 3.94. The Morgan fingerprint density at radius 1 is 1.05 bits per heavy atom. The van der Waals surface area contributed by atoms with Crippen LogP contribution in [0.1, 0.15) is 45.8 Å². The maximum atomic E-state index is 12.5. The number of thiophene rings is 1. The normalized spacial score (nSPS) is 19.5. The molecule has 0 spiro atoms. The van der Waals surface area contributed by atoms with Crippen LogP contribution in [-0.4, -0.2) is 35.7 Å². The Morgan fingerprint density at radius 2 is 1.71 bits per heavy atom. The standard InChI is InChI=1S/C15H18N2O3S/c18-13-8-17(9-14(19)16-13)15(20)12-7-10-5-3-1-2-4-6-11(10)21-12/h7H,1-6,8-9H2,(H,16,18,19). The van der Waals surface area contributed by atoms with Crippen molar-refractivity contribution in [1.29, 1.82) is 0 Å². The summed E-state index contributed by atoms with van der Waals surface area (Å²) in [5.41, 5.74) is 1.27. The highest BCUT2D eigenvalue weighted by molar-refractivity contribution is 7.14. The number of fused-ring (bicyclic) bond motifs is 1. The first-order chi connectivity index (χ1) is 10.1. The lowest BCUT2D eigenvalue weighted by atomic mass is 10.00. The SMILES string of the molecule is O=C1CN(C(=O)c2cc3c(s2)CCCCCC3)CC(=O)N1. The van der Waals surface area contributed by atoms with Gasteiger partial charge in [0.15, 0.2) is 0 Å². The van der Waals surface area contributed by atoms with Crippen LogP contribution in [0.5, 0.6) is 0 Å². The molecule has 0 atom stereocenters. The molecule has 0 aromatic carbocycles. The van der Waals surface area contributed by atoms with Gasteiger partial charge in [-0.3, -0.25) is 19.7 Å². The fourth-order valence-corrected chi connectivity index (χ4v) is 4.11. The number of aryl methyl sites for hydroxylation is 2. The van der Waals surface area contributed by atoms with Crippen LogP contribution < -0.4 is 5.32 Å². The number of nitrogens with one attached hydrogen (secondary N) is 1. The van der Waals surface area contributed by atoms with Gasteiger partial charge in [0.25, 0.3) is 5.91 Å². The maximum absolute atomic E-state index is 12.5. The Hall–Kier alpha value is -1.69. The summed E-state index contributed by atoms with van der Waals surface area (Å²) < 4.78 is 0. The van der Waals surface area contributed by atoms with Crippen LogP contribution in [0.25, 0.3) is 0 Å². The lowest BCUT2D eigenvalue weighted by Crippen LogP contribution is -2.53. The van der Waals surface area contributed by atoms with E-state index >= 15 is 0 Å². The molecule has 6 heteroatoms. The van der Waals surface area contributed by atoms with E-state index in [-0.39, 0.29) is 19.0 Å². The highest BCUT2D eigenvalue weighted by Crippen LogP contribution is 2.29. The number of piperazine rings is 1. The summed E-state index contributed by atoms with van der Waals surface area (Å²) >= 11 is 1.53. The van der Waals surface area contributed by atoms with Crippen LogP contribution in [0, 0.1) is 0 Å². The molecular weight excluding hydrogens is 288 g/mol. The third kappa shape index (κ3) is 3.15. The highest BCUT2D eigenvalue weighted by Gasteiger charge is 2.28. The highest BCUT2D eigenvalue weighted by atomic mass is 32.1. The van der Waals surface area contributed by atoms with E-state index in [4.69, 9.17) is 0 Å². The number of imide groups is 1. The molecule has 1 aromatic heterocycles. The summed E-state index contributed by atoms with van der Waals surface area (Å²) in [4.78, 5) is 38.5. The first-order valence-electron chi connectivity index (χ1n) is 7.37. The molecule has 1 fully saturated rings. The molecule has 1 aliphatic carbocycles. The van der Waals surface area contributed by atoms with Crippen LogP contribution in [0.4, 0.5) is 0 Å². The molecule has 1 aliphatic heterocycles. The zero-order valence-electron chi connectivity index (χ0n) is 11.8. The molecule has 112 valence electrons. The summed E-state index contributed by atoms with van der Waals surface area (Å²) in [5.74, 6) is -1.01. The summed E-state index contributed by atoms with van der Waals surface area (Å²) in [6.45, 7) is -0.0692. The molecule has 3 rings (SSSR count). The topological polar surface area (TPSA) is 66.5 Å². The molecule has 2 heterocycles. The van der Waals surface area contributed by atoms with E-state index in [1.165, 1.54) is 52.4 Å². The van der Waals surface area contributed by atoms with Gasteiger partial charge in [0.2, 0.25) is 11.8 Å². The summed E-state index contributed by atoms with van der Waals surface area (Å²) in [5, 5.41) is 2.21. The first-order valence-corrected chi connectivity index (χ1v) is 8.18. The summed E-state index contributed by atoms with van der Waals surface area (Å²) in [6, 6.07) is 1.96. The van der Waals surface area contributed by atoms with E-state index in [9.17, 15) is 14.4 Å². The Bertz CT molecular complexity index is 552. The van der Waals surface area contributed by atoms with E-state index in [0.29, 0.717) is 4.88 Å². The van der Waals surface area contributed by atoms with Crippen LogP contribution in [0.2, 0.25) is 0 Å². The van der Waals surface area contributed by atoms with Gasteiger partial charge in [0.05, 0.1) is 4.88 Å². The van der Waals surface area contributed by atoms with Crippen molar-refractivity contribution in [3.05, 3.63) is 21.4 Å². The average molecular weight is 306 g/mol. The fourth-order valence-electron chi connectivity index (χ4n) is 2.89. The fraction of sp³-hybridized carbons (Fsp3) is 0.533. The molecule has 1 saturated heterocycles. The largest absolute Gasteiger partial charge is 0.319 e. The van der Waals surface area contributed by atoms with Gasteiger partial charge in [-0.15, -0.1) is 11.3 Å². The number of nitrogens with zero attached hydrogens (tertiary/aromatic N) is 1. The van der Waals surface area contributed by atoms with Crippen LogP contribution in [0.3, 0.4) is 0 Å². The van der Waals surface area contributed by atoms with E-state index in [1.807, 2.05) is 6.07 Å². The number of hydrogen-bond donors (Lipinski definition) is 1. The van der Waals surface area contributed by atoms with Gasteiger partial charge in [-0.1, -0.05) is 12.8 Å². The first kappa shape index (κ1) is 14.3. The lowest BCUT2D eigenvalue weighted by molar-refractivity contribution is -0.135. The minimum Gasteiger partial charge on any atom is -0.319 e. The van der Waals surface area contributed by atoms with E-state index in [1.54, 1.807) is 0 Å². The number of amides is 3. The van der Waals surface area contributed by atoms with Crippen molar-refractivity contribution in [3.8, 4) is 0 Å². The summed E-state index contributed by atoms with van der Waals surface area (Å²) in [7, 11) is 0. The molecule has 1 aromatic rings. The lowest BCUT2D eigenvalue weighted by Gasteiger charge is -2.24. The predicted molar refractivity (Wildman–Crippen MR) is 79.2 cm³/mol. The molecule has 21 heavy (non-hydrogen) atoms. The van der Waals surface area contributed by atoms with Crippen molar-refractivity contribution >= 4 is 29.1 Å². The Balaban J connectivity index is 1.79. The second-order valence-electron chi connectivity index (χ2n) is 5.61. The van der Waals surface area contributed by atoms with Crippen molar-refractivity contribution in [2.24, 2.45) is 0 Å². The second kappa shape index (κ2) is 5.97. The van der Waals surface area contributed by atoms with Gasteiger partial charge < -0.3 is 4.90 Å². The van der Waals surface area contributed by atoms with Crippen LogP contribution >= 0.6 is 11.3 Å². The van der Waals surface area contributed by atoms with Crippen molar-refractivity contribution in [3.63, 3.8) is 0 Å². The zero-order chi connectivity index (χ0) is 14.8. The van der Waals surface area contributed by atoms with Gasteiger partial charge in [0, 0.05) is 4.88 Å². The van der Waals surface area contributed by atoms with E-state index in [0.717, 1.165) is 12.8 Å². The minimum atomic E-state index is -0.408. The predicted octanol–water partition coefficient (Wildman–Crippen LogP) is 1.51. The van der Waals surface area contributed by atoms with Gasteiger partial charge >= 0.3 is 0 Å². The molecule has 1 N–H and O–H groups in total. The Morgan fingerprint density at radius 3 is 2.43 bits per heavy atom. The van der Waals surface area contributed by atoms with Crippen molar-refractivity contribution in [2.45, 2.75) is 38.5 Å². The number of hydrogen-bond acceptors (Lipinski definition) is 4. The molecular formula is C15H18N2O3S. The van der Waals surface area contributed by atoms with Crippen LogP contribution in [0.15, 0.2) is 6.07 Å². The maximum Gasteiger partial charge on any atom is 0.264 e. The second-order valence-corrected chi connectivity index (χ2v) is 6.74. The van der Waals surface area contributed by atoms with Gasteiger partial charge in [-0.25, -0.2) is 0 Å². The average Bonchev–Trinajstić information content (AvgIpc) is 2.79. The number of carbonyl (C=O) groups excluding carboxylic acids is 3. The molecule has 0 unspecified atom stereocenters. The third-order valence-corrected chi connectivity index (χ3v) is 5.17. The van der Waals surface area contributed by atoms with Gasteiger partial charge in [-0.05, 0) is 37.3 Å². The summed E-state index contributed by atoms with van der Waals surface area (Å²) in [6.07, 6.45) is 6.90. The molecule has 5 nitrogen and oxygen atoms in total. The number of rotatable bonds is 1. The smallest absolute Gasteiger partial charge is 0.264 e. The molecule has 0 saturated carbocycles. The quantitative estimate of drug-likeness (QED) is 0.800. The van der Waals surface area contributed by atoms with Crippen LogP contribution in [-0.2, 0) is 22.4 Å². The molecule has 3 amide bonds. The van der Waals surface area contributed by atoms with Crippen molar-refractivity contribution < 1.29 is 14.4 Å². The number of carbonyl (C=O) groups is 3. The van der Waals surface area contributed by atoms with Crippen molar-refractivity contribution in [1.82, 2.24) is 10.2 Å². The zero-order valence-corrected chi connectivity index (χ0v) is 12.6.